The number of nitrogens with one attached hydrogen (secondary N) is 2. The zero-order valence-corrected chi connectivity index (χ0v) is 15.3. The SMILES string of the molecule is CNC(C)Cc1noc(Cc2csc(NC(=O)C(C)C)n2)n1.Cl. The van der Waals surface area contributed by atoms with Crippen molar-refractivity contribution < 1.29 is 9.32 Å². The molecule has 23 heavy (non-hydrogen) atoms. The summed E-state index contributed by atoms with van der Waals surface area (Å²) in [6.07, 6.45) is 1.18. The molecule has 0 aromatic carbocycles. The molecule has 0 aliphatic heterocycles. The Hall–Kier alpha value is -1.51. The molecule has 1 unspecified atom stereocenters. The van der Waals surface area contributed by atoms with E-state index in [2.05, 4.69) is 32.7 Å². The third kappa shape index (κ3) is 5.89. The normalized spacial score (nSPS) is 12.0. The van der Waals surface area contributed by atoms with Gasteiger partial charge < -0.3 is 15.2 Å². The van der Waals surface area contributed by atoms with Gasteiger partial charge >= 0.3 is 0 Å². The molecule has 0 saturated carbocycles. The van der Waals surface area contributed by atoms with Crippen molar-refractivity contribution in [3.05, 3.63) is 22.8 Å². The van der Waals surface area contributed by atoms with Gasteiger partial charge in [-0.2, -0.15) is 4.98 Å². The Morgan fingerprint density at radius 2 is 2.09 bits per heavy atom. The minimum absolute atomic E-state index is 0. The summed E-state index contributed by atoms with van der Waals surface area (Å²) < 4.78 is 5.23. The predicted octanol–water partition coefficient (Wildman–Crippen LogP) is 2.28. The first kappa shape index (κ1) is 19.5. The number of halogens is 1. The summed E-state index contributed by atoms with van der Waals surface area (Å²) in [5.74, 6) is 1.10. The lowest BCUT2D eigenvalue weighted by Crippen LogP contribution is -2.24. The van der Waals surface area contributed by atoms with Crippen LogP contribution in [0.1, 0.15) is 38.2 Å². The molecule has 0 saturated heterocycles. The molecule has 0 spiro atoms. The highest BCUT2D eigenvalue weighted by atomic mass is 35.5. The number of hydrogen-bond acceptors (Lipinski definition) is 7. The lowest BCUT2D eigenvalue weighted by atomic mass is 10.2. The van der Waals surface area contributed by atoms with Crippen molar-refractivity contribution >= 4 is 34.8 Å². The van der Waals surface area contributed by atoms with Gasteiger partial charge in [0.25, 0.3) is 0 Å². The highest BCUT2D eigenvalue weighted by Crippen LogP contribution is 2.18. The molecule has 2 aromatic rings. The number of carbonyl (C=O) groups is 1. The quantitative estimate of drug-likeness (QED) is 0.787. The van der Waals surface area contributed by atoms with Crippen LogP contribution in [-0.2, 0) is 17.6 Å². The standard InChI is InChI=1S/C14H21N5O2S.ClH/c1-8(2)13(20)18-14-16-10(7-22-14)6-12-17-11(19-21-12)5-9(3)15-4;/h7-9,15H,5-6H2,1-4H3,(H,16,18,20);1H. The first-order chi connectivity index (χ1) is 10.5. The highest BCUT2D eigenvalue weighted by Gasteiger charge is 2.13. The fourth-order valence-corrected chi connectivity index (χ4v) is 2.38. The zero-order valence-electron chi connectivity index (χ0n) is 13.6. The Kier molecular flexibility index (Phi) is 7.60. The number of likely N-dealkylation sites (N-methyl/N-ethyl adjacent to an activating group) is 1. The van der Waals surface area contributed by atoms with Crippen molar-refractivity contribution in [2.24, 2.45) is 5.92 Å². The molecule has 7 nitrogen and oxygen atoms in total. The van der Waals surface area contributed by atoms with Crippen LogP contribution in [0.25, 0.3) is 0 Å². The van der Waals surface area contributed by atoms with Gasteiger partial charge in [0.2, 0.25) is 11.8 Å². The number of hydrogen-bond donors (Lipinski definition) is 2. The minimum atomic E-state index is -0.0694. The van der Waals surface area contributed by atoms with Gasteiger partial charge in [-0.3, -0.25) is 4.79 Å². The fraction of sp³-hybridized carbons (Fsp3) is 0.571. The lowest BCUT2D eigenvalue weighted by Gasteiger charge is -2.04. The van der Waals surface area contributed by atoms with E-state index in [-0.39, 0.29) is 24.2 Å². The Balaban J connectivity index is 0.00000264. The van der Waals surface area contributed by atoms with Crippen LogP contribution in [0.15, 0.2) is 9.90 Å². The molecule has 0 aliphatic carbocycles. The molecule has 0 aliphatic rings. The maximum absolute atomic E-state index is 11.6. The molecular weight excluding hydrogens is 338 g/mol. The van der Waals surface area contributed by atoms with Crippen LogP contribution < -0.4 is 10.6 Å². The minimum Gasteiger partial charge on any atom is -0.339 e. The molecule has 2 aromatic heterocycles. The lowest BCUT2D eigenvalue weighted by molar-refractivity contribution is -0.118. The smallest absolute Gasteiger partial charge is 0.232 e. The van der Waals surface area contributed by atoms with E-state index in [9.17, 15) is 4.79 Å². The second kappa shape index (κ2) is 8.95. The third-order valence-electron chi connectivity index (χ3n) is 3.13. The maximum atomic E-state index is 11.6. The number of anilines is 1. The van der Waals surface area contributed by atoms with Crippen LogP contribution in [0.2, 0.25) is 0 Å². The first-order valence-electron chi connectivity index (χ1n) is 7.22. The summed E-state index contributed by atoms with van der Waals surface area (Å²) in [4.78, 5) is 20.3. The van der Waals surface area contributed by atoms with Gasteiger partial charge in [0.1, 0.15) is 0 Å². The predicted molar refractivity (Wildman–Crippen MR) is 92.2 cm³/mol. The van der Waals surface area contributed by atoms with E-state index in [4.69, 9.17) is 4.52 Å². The second-order valence-electron chi connectivity index (χ2n) is 5.46. The summed E-state index contributed by atoms with van der Waals surface area (Å²) >= 11 is 1.39. The molecule has 0 bridgehead atoms. The highest BCUT2D eigenvalue weighted by molar-refractivity contribution is 7.13. The molecular formula is C14H22ClN5O2S. The van der Waals surface area contributed by atoms with Crippen LogP contribution in [0, 0.1) is 5.92 Å². The van der Waals surface area contributed by atoms with E-state index in [1.807, 2.05) is 26.3 Å². The number of thiazole rings is 1. The van der Waals surface area contributed by atoms with Crippen molar-refractivity contribution in [2.45, 2.75) is 39.7 Å². The van der Waals surface area contributed by atoms with Gasteiger partial charge in [0.05, 0.1) is 12.1 Å². The van der Waals surface area contributed by atoms with Crippen LogP contribution >= 0.6 is 23.7 Å². The van der Waals surface area contributed by atoms with Crippen LogP contribution in [0.4, 0.5) is 5.13 Å². The fourth-order valence-electron chi connectivity index (χ4n) is 1.67. The van der Waals surface area contributed by atoms with E-state index in [1.165, 1.54) is 11.3 Å². The van der Waals surface area contributed by atoms with Crippen molar-refractivity contribution in [2.75, 3.05) is 12.4 Å². The van der Waals surface area contributed by atoms with Gasteiger partial charge in [-0.1, -0.05) is 19.0 Å². The van der Waals surface area contributed by atoms with E-state index in [0.29, 0.717) is 35.7 Å². The average Bonchev–Trinajstić information content (AvgIpc) is 3.09. The molecule has 128 valence electrons. The van der Waals surface area contributed by atoms with E-state index < -0.39 is 0 Å². The van der Waals surface area contributed by atoms with Gasteiger partial charge in [-0.15, -0.1) is 23.7 Å². The van der Waals surface area contributed by atoms with Gasteiger partial charge in [-0.05, 0) is 14.0 Å². The Morgan fingerprint density at radius 3 is 2.74 bits per heavy atom. The van der Waals surface area contributed by atoms with Gasteiger partial charge in [0.15, 0.2) is 11.0 Å². The summed E-state index contributed by atoms with van der Waals surface area (Å²) in [6, 6.07) is 0.294. The Bertz CT molecular complexity index is 628. The molecule has 0 radical (unpaired) electrons. The summed E-state index contributed by atoms with van der Waals surface area (Å²) in [6.45, 7) is 5.74. The average molecular weight is 360 g/mol. The molecule has 2 heterocycles. The number of aromatic nitrogens is 3. The maximum Gasteiger partial charge on any atom is 0.232 e. The molecule has 0 fully saturated rings. The number of nitrogens with zero attached hydrogens (tertiary/aromatic N) is 3. The van der Waals surface area contributed by atoms with Crippen molar-refractivity contribution in [3.63, 3.8) is 0 Å². The second-order valence-corrected chi connectivity index (χ2v) is 6.32. The number of carbonyl (C=O) groups excluding carboxylic acids is 1. The van der Waals surface area contributed by atoms with Crippen molar-refractivity contribution in [1.82, 2.24) is 20.4 Å². The van der Waals surface area contributed by atoms with Crippen LogP contribution in [0.3, 0.4) is 0 Å². The van der Waals surface area contributed by atoms with E-state index in [1.54, 1.807) is 0 Å². The summed E-state index contributed by atoms with van der Waals surface area (Å²) in [5.41, 5.74) is 0.806. The molecule has 1 atom stereocenters. The van der Waals surface area contributed by atoms with E-state index in [0.717, 1.165) is 5.69 Å². The van der Waals surface area contributed by atoms with Crippen molar-refractivity contribution in [3.8, 4) is 0 Å². The first-order valence-corrected chi connectivity index (χ1v) is 8.10. The van der Waals surface area contributed by atoms with Crippen LogP contribution in [-0.4, -0.2) is 34.1 Å². The number of amides is 1. The zero-order chi connectivity index (χ0) is 16.1. The topological polar surface area (TPSA) is 92.9 Å². The summed E-state index contributed by atoms with van der Waals surface area (Å²) in [5, 5.41) is 12.3. The van der Waals surface area contributed by atoms with Gasteiger partial charge in [0, 0.05) is 23.8 Å². The largest absolute Gasteiger partial charge is 0.339 e. The molecule has 1 amide bonds. The van der Waals surface area contributed by atoms with E-state index >= 15 is 0 Å². The van der Waals surface area contributed by atoms with Gasteiger partial charge in [-0.25, -0.2) is 4.98 Å². The monoisotopic (exact) mass is 359 g/mol. The molecule has 2 rings (SSSR count). The number of rotatable bonds is 7. The van der Waals surface area contributed by atoms with Crippen LogP contribution in [0.5, 0.6) is 0 Å². The van der Waals surface area contributed by atoms with Crippen molar-refractivity contribution in [1.29, 1.82) is 0 Å². The summed E-state index contributed by atoms with van der Waals surface area (Å²) in [7, 11) is 1.90. The third-order valence-corrected chi connectivity index (χ3v) is 3.94. The Morgan fingerprint density at radius 1 is 1.35 bits per heavy atom. The molecule has 2 N–H and O–H groups in total. The molecule has 9 heteroatoms. The Labute approximate surface area is 145 Å².